The van der Waals surface area contributed by atoms with Crippen molar-refractivity contribution in [3.63, 3.8) is 0 Å². The number of sulfonamides is 1. The smallest absolute Gasteiger partial charge is 0.335 e. The highest BCUT2D eigenvalue weighted by molar-refractivity contribution is 7.92. The van der Waals surface area contributed by atoms with Gasteiger partial charge in [-0.05, 0) is 43.5 Å². The predicted octanol–water partition coefficient (Wildman–Crippen LogP) is 2.37. The summed E-state index contributed by atoms with van der Waals surface area (Å²) >= 11 is 0. The van der Waals surface area contributed by atoms with Crippen molar-refractivity contribution in [1.82, 2.24) is 4.57 Å². The Labute approximate surface area is 146 Å². The SMILES string of the molecule is CCCn1cc(NS(=O)(=O)c2cc(C(=O)O)c(C)cc2C)ccc1=O. The van der Waals surface area contributed by atoms with Crippen LogP contribution in [0.25, 0.3) is 0 Å². The van der Waals surface area contributed by atoms with E-state index in [1.165, 1.54) is 29.0 Å². The van der Waals surface area contributed by atoms with Crippen molar-refractivity contribution in [3.8, 4) is 0 Å². The quantitative estimate of drug-likeness (QED) is 0.819. The van der Waals surface area contributed by atoms with Crippen LogP contribution in [-0.4, -0.2) is 24.1 Å². The third-order valence-corrected chi connectivity index (χ3v) is 5.27. The van der Waals surface area contributed by atoms with Gasteiger partial charge in [-0.15, -0.1) is 0 Å². The molecule has 2 N–H and O–H groups in total. The molecule has 2 rings (SSSR count). The zero-order chi connectivity index (χ0) is 18.8. The van der Waals surface area contributed by atoms with Crippen LogP contribution in [0.4, 0.5) is 5.69 Å². The lowest BCUT2D eigenvalue weighted by atomic mass is 10.1. The van der Waals surface area contributed by atoms with Gasteiger partial charge in [-0.3, -0.25) is 9.52 Å². The van der Waals surface area contributed by atoms with Crippen LogP contribution in [0, 0.1) is 13.8 Å². The Balaban J connectivity index is 2.47. The molecule has 0 amide bonds. The molecule has 2 aromatic rings. The van der Waals surface area contributed by atoms with Gasteiger partial charge in [0.2, 0.25) is 0 Å². The number of carbonyl (C=O) groups is 1. The third-order valence-electron chi connectivity index (χ3n) is 3.74. The van der Waals surface area contributed by atoms with Crippen molar-refractivity contribution in [3.05, 3.63) is 57.5 Å². The fourth-order valence-electron chi connectivity index (χ4n) is 2.57. The number of nitrogens with one attached hydrogen (secondary N) is 1. The molecule has 0 unspecified atom stereocenters. The van der Waals surface area contributed by atoms with E-state index in [0.717, 1.165) is 12.5 Å². The van der Waals surface area contributed by atoms with Crippen LogP contribution in [0.3, 0.4) is 0 Å². The predicted molar refractivity (Wildman–Crippen MR) is 94.7 cm³/mol. The van der Waals surface area contributed by atoms with Gasteiger partial charge in [0.15, 0.2) is 0 Å². The molecule has 0 saturated carbocycles. The number of carboxylic acids is 1. The van der Waals surface area contributed by atoms with E-state index in [-0.39, 0.29) is 21.7 Å². The third kappa shape index (κ3) is 4.08. The summed E-state index contributed by atoms with van der Waals surface area (Å²) in [5.41, 5.74) is 0.883. The first-order valence-electron chi connectivity index (χ1n) is 7.73. The van der Waals surface area contributed by atoms with E-state index in [1.807, 2.05) is 6.92 Å². The number of carboxylic acid groups (broad SMARTS) is 1. The van der Waals surface area contributed by atoms with Gasteiger partial charge in [-0.2, -0.15) is 0 Å². The molecule has 0 saturated heterocycles. The van der Waals surface area contributed by atoms with Crippen LogP contribution >= 0.6 is 0 Å². The van der Waals surface area contributed by atoms with Crippen molar-refractivity contribution in [2.45, 2.75) is 38.6 Å². The lowest BCUT2D eigenvalue weighted by Crippen LogP contribution is -2.21. The Morgan fingerprint density at radius 1 is 1.20 bits per heavy atom. The fraction of sp³-hybridized carbons (Fsp3) is 0.294. The van der Waals surface area contributed by atoms with E-state index >= 15 is 0 Å². The lowest BCUT2D eigenvalue weighted by molar-refractivity contribution is 0.0696. The molecule has 8 heteroatoms. The van der Waals surface area contributed by atoms with Gasteiger partial charge in [0.1, 0.15) is 0 Å². The first-order valence-corrected chi connectivity index (χ1v) is 9.22. The number of aromatic carboxylic acids is 1. The Morgan fingerprint density at radius 2 is 1.88 bits per heavy atom. The summed E-state index contributed by atoms with van der Waals surface area (Å²) in [6, 6.07) is 5.35. The summed E-state index contributed by atoms with van der Waals surface area (Å²) in [6.07, 6.45) is 2.17. The van der Waals surface area contributed by atoms with Gasteiger partial charge in [0, 0.05) is 18.8 Å². The summed E-state index contributed by atoms with van der Waals surface area (Å²) in [6.45, 7) is 5.60. The molecule has 7 nitrogen and oxygen atoms in total. The first-order chi connectivity index (χ1) is 11.7. The highest BCUT2D eigenvalue weighted by Gasteiger charge is 2.21. The minimum Gasteiger partial charge on any atom is -0.478 e. The van der Waals surface area contributed by atoms with Crippen LogP contribution in [0.5, 0.6) is 0 Å². The van der Waals surface area contributed by atoms with Crippen molar-refractivity contribution in [2.24, 2.45) is 0 Å². The lowest BCUT2D eigenvalue weighted by Gasteiger charge is -2.13. The van der Waals surface area contributed by atoms with Gasteiger partial charge in [0.05, 0.1) is 16.1 Å². The molecule has 0 spiro atoms. The van der Waals surface area contributed by atoms with E-state index in [0.29, 0.717) is 17.7 Å². The van der Waals surface area contributed by atoms with Crippen LogP contribution in [-0.2, 0) is 16.6 Å². The molecule has 0 fully saturated rings. The van der Waals surface area contributed by atoms with Crippen LogP contribution < -0.4 is 10.3 Å². The van der Waals surface area contributed by atoms with Crippen LogP contribution in [0.1, 0.15) is 34.8 Å². The van der Waals surface area contributed by atoms with Crippen LogP contribution in [0.15, 0.2) is 40.2 Å². The standard InChI is InChI=1S/C17H20N2O5S/c1-4-7-19-10-13(5-6-16(19)20)18-25(23,24)15-9-14(17(21)22)11(2)8-12(15)3/h5-6,8-10,18H,4,7H2,1-3H3,(H,21,22). The van der Waals surface area contributed by atoms with E-state index < -0.39 is 16.0 Å². The molecule has 0 aliphatic rings. The van der Waals surface area contributed by atoms with E-state index in [9.17, 15) is 23.1 Å². The Bertz CT molecular complexity index is 977. The highest BCUT2D eigenvalue weighted by Crippen LogP contribution is 2.23. The topological polar surface area (TPSA) is 105 Å². The van der Waals surface area contributed by atoms with Gasteiger partial charge in [-0.25, -0.2) is 13.2 Å². The van der Waals surface area contributed by atoms with Crippen molar-refractivity contribution < 1.29 is 18.3 Å². The van der Waals surface area contributed by atoms with E-state index in [2.05, 4.69) is 4.72 Å². The minimum absolute atomic E-state index is 0.0677. The number of rotatable bonds is 6. The monoisotopic (exact) mass is 364 g/mol. The summed E-state index contributed by atoms with van der Waals surface area (Å²) in [5.74, 6) is -1.19. The molecule has 0 aliphatic carbocycles. The summed E-state index contributed by atoms with van der Waals surface area (Å²) < 4.78 is 29.2. The second-order valence-corrected chi connectivity index (χ2v) is 7.44. The second kappa shape index (κ2) is 7.10. The average molecular weight is 364 g/mol. The molecule has 1 aromatic carbocycles. The van der Waals surface area contributed by atoms with Gasteiger partial charge < -0.3 is 9.67 Å². The maximum Gasteiger partial charge on any atom is 0.335 e. The molecule has 0 bridgehead atoms. The highest BCUT2D eigenvalue weighted by atomic mass is 32.2. The Morgan fingerprint density at radius 3 is 2.48 bits per heavy atom. The maximum absolute atomic E-state index is 12.7. The number of aromatic nitrogens is 1. The number of pyridine rings is 1. The van der Waals surface area contributed by atoms with Crippen molar-refractivity contribution in [2.75, 3.05) is 4.72 Å². The fourth-order valence-corrected chi connectivity index (χ4v) is 3.87. The zero-order valence-corrected chi connectivity index (χ0v) is 15.1. The van der Waals surface area contributed by atoms with E-state index in [1.54, 1.807) is 13.8 Å². The molecular formula is C17H20N2O5S. The van der Waals surface area contributed by atoms with Gasteiger partial charge in [-0.1, -0.05) is 13.0 Å². The number of hydrogen-bond acceptors (Lipinski definition) is 4. The van der Waals surface area contributed by atoms with E-state index in [4.69, 9.17) is 0 Å². The number of aryl methyl sites for hydroxylation is 3. The first kappa shape index (κ1) is 18.7. The summed E-state index contributed by atoms with van der Waals surface area (Å²) in [5, 5.41) is 9.21. The number of hydrogen-bond donors (Lipinski definition) is 2. The molecule has 0 atom stereocenters. The largest absolute Gasteiger partial charge is 0.478 e. The minimum atomic E-state index is -3.99. The molecule has 1 heterocycles. The average Bonchev–Trinajstić information content (AvgIpc) is 2.50. The summed E-state index contributed by atoms with van der Waals surface area (Å²) in [7, 11) is -3.99. The Kier molecular flexibility index (Phi) is 5.32. The van der Waals surface area contributed by atoms with Gasteiger partial charge in [0.25, 0.3) is 15.6 Å². The molecule has 0 aliphatic heterocycles. The molecule has 0 radical (unpaired) electrons. The maximum atomic E-state index is 12.7. The number of benzene rings is 1. The molecular weight excluding hydrogens is 344 g/mol. The second-order valence-electron chi connectivity index (χ2n) is 5.79. The zero-order valence-electron chi connectivity index (χ0n) is 14.2. The van der Waals surface area contributed by atoms with Gasteiger partial charge >= 0.3 is 5.97 Å². The van der Waals surface area contributed by atoms with Crippen LogP contribution in [0.2, 0.25) is 0 Å². The molecule has 134 valence electrons. The number of nitrogens with zero attached hydrogens (tertiary/aromatic N) is 1. The van der Waals surface area contributed by atoms with Crippen molar-refractivity contribution >= 4 is 21.7 Å². The van der Waals surface area contributed by atoms with Crippen molar-refractivity contribution in [1.29, 1.82) is 0 Å². The molecule has 1 aromatic heterocycles. The number of anilines is 1. The Hall–Kier alpha value is -2.61. The summed E-state index contributed by atoms with van der Waals surface area (Å²) in [4.78, 5) is 22.9. The normalized spacial score (nSPS) is 11.3. The molecule has 25 heavy (non-hydrogen) atoms.